The van der Waals surface area contributed by atoms with Crippen molar-refractivity contribution in [3.05, 3.63) is 88.5 Å². The second-order valence-electron chi connectivity index (χ2n) is 8.63. The number of hydrogen-bond donors (Lipinski definition) is 0. The standard InChI is InChI=1S/C26H27N2O2.BrH/c1-18-27(16-19-10-4-2-5-11-19)23-24(28(18)17-20-12-6-3-7-13-20)26(30)22-15-9-8-14-21(22)25(23)29;/h2,4-5,8-11,14-15,20H,3,6-7,12-13,16-17H2,1H3;1H/q+1;/p-1. The van der Waals surface area contributed by atoms with Crippen LogP contribution in [-0.4, -0.2) is 16.1 Å². The first-order valence-corrected chi connectivity index (χ1v) is 11.0. The van der Waals surface area contributed by atoms with Crippen molar-refractivity contribution in [2.75, 3.05) is 0 Å². The van der Waals surface area contributed by atoms with Crippen molar-refractivity contribution >= 4 is 11.6 Å². The Morgan fingerprint density at radius 2 is 1.48 bits per heavy atom. The predicted octanol–water partition coefficient (Wildman–Crippen LogP) is 1.49. The number of fused-ring (bicyclic) bond motifs is 2. The third-order valence-electron chi connectivity index (χ3n) is 6.74. The summed E-state index contributed by atoms with van der Waals surface area (Å²) in [6.45, 7) is 3.46. The molecule has 1 aromatic heterocycles. The van der Waals surface area contributed by atoms with Crippen LogP contribution >= 0.6 is 0 Å². The maximum absolute atomic E-state index is 13.5. The van der Waals surface area contributed by atoms with Gasteiger partial charge in [-0.3, -0.25) is 9.59 Å². The van der Waals surface area contributed by atoms with Gasteiger partial charge in [-0.15, -0.1) is 0 Å². The molecule has 0 saturated heterocycles. The first-order chi connectivity index (χ1) is 14.6. The molecule has 2 aliphatic carbocycles. The first-order valence-electron chi connectivity index (χ1n) is 11.0. The fourth-order valence-electron chi connectivity index (χ4n) is 5.13. The number of rotatable bonds is 4. The third kappa shape index (κ3) is 3.80. The van der Waals surface area contributed by atoms with Crippen molar-refractivity contribution in [2.45, 2.75) is 52.1 Å². The van der Waals surface area contributed by atoms with Crippen LogP contribution in [0.2, 0.25) is 0 Å². The van der Waals surface area contributed by atoms with E-state index in [0.717, 1.165) is 17.9 Å². The maximum Gasteiger partial charge on any atom is 0.254 e. The van der Waals surface area contributed by atoms with Crippen LogP contribution in [0.5, 0.6) is 0 Å². The number of carbonyl (C=O) groups excluding carboxylic acids is 2. The quantitative estimate of drug-likeness (QED) is 0.417. The summed E-state index contributed by atoms with van der Waals surface area (Å²) in [6.07, 6.45) is 6.21. The minimum Gasteiger partial charge on any atom is -1.00 e. The Hall–Kier alpha value is -2.53. The average Bonchev–Trinajstić information content (AvgIpc) is 3.05. The van der Waals surface area contributed by atoms with Crippen molar-refractivity contribution in [1.82, 2.24) is 4.57 Å². The molecule has 0 bridgehead atoms. The summed E-state index contributed by atoms with van der Waals surface area (Å²) in [5.74, 6) is 1.50. The van der Waals surface area contributed by atoms with E-state index in [1.807, 2.05) is 30.3 Å². The lowest BCUT2D eigenvalue weighted by atomic mass is 9.88. The smallest absolute Gasteiger partial charge is 0.254 e. The molecule has 4 nitrogen and oxygen atoms in total. The van der Waals surface area contributed by atoms with Crippen LogP contribution in [0.25, 0.3) is 0 Å². The number of nitrogens with zero attached hydrogens (tertiary/aromatic N) is 2. The number of imidazole rings is 1. The Balaban J connectivity index is 0.00000231. The van der Waals surface area contributed by atoms with E-state index in [2.05, 4.69) is 28.2 Å². The van der Waals surface area contributed by atoms with E-state index in [9.17, 15) is 9.59 Å². The molecule has 2 aliphatic rings. The summed E-state index contributed by atoms with van der Waals surface area (Å²) in [5.41, 5.74) is 3.31. The molecule has 160 valence electrons. The normalized spacial score (nSPS) is 15.9. The van der Waals surface area contributed by atoms with Gasteiger partial charge < -0.3 is 17.0 Å². The summed E-state index contributed by atoms with van der Waals surface area (Å²) in [6, 6.07) is 17.4. The molecular formula is C26H27BrN2O2. The summed E-state index contributed by atoms with van der Waals surface area (Å²) >= 11 is 0. The van der Waals surface area contributed by atoms with E-state index in [0.29, 0.717) is 35.0 Å². The molecule has 0 N–H and O–H groups in total. The minimum atomic E-state index is -0.0402. The van der Waals surface area contributed by atoms with Crippen molar-refractivity contribution < 1.29 is 31.1 Å². The Bertz CT molecular complexity index is 1130. The lowest BCUT2D eigenvalue weighted by Gasteiger charge is -2.21. The number of hydrogen-bond acceptors (Lipinski definition) is 2. The minimum absolute atomic E-state index is 0. The average molecular weight is 479 g/mol. The molecular weight excluding hydrogens is 452 g/mol. The highest BCUT2D eigenvalue weighted by Gasteiger charge is 2.43. The summed E-state index contributed by atoms with van der Waals surface area (Å²) < 4.78 is 4.20. The number of benzene rings is 2. The molecule has 31 heavy (non-hydrogen) atoms. The van der Waals surface area contributed by atoms with Gasteiger partial charge in [0.15, 0.2) is 0 Å². The highest BCUT2D eigenvalue weighted by molar-refractivity contribution is 6.26. The molecule has 0 aliphatic heterocycles. The molecule has 0 unspecified atom stereocenters. The number of carbonyl (C=O) groups is 2. The van der Waals surface area contributed by atoms with Crippen molar-refractivity contribution in [3.8, 4) is 0 Å². The topological polar surface area (TPSA) is 43.0 Å². The second kappa shape index (κ2) is 8.91. The van der Waals surface area contributed by atoms with Crippen LogP contribution in [-0.2, 0) is 13.1 Å². The van der Waals surface area contributed by atoms with Crippen LogP contribution in [0.3, 0.4) is 0 Å². The van der Waals surface area contributed by atoms with Gasteiger partial charge >= 0.3 is 0 Å². The fraction of sp³-hybridized carbons (Fsp3) is 0.346. The highest BCUT2D eigenvalue weighted by Crippen LogP contribution is 2.30. The van der Waals surface area contributed by atoms with E-state index in [1.54, 1.807) is 12.1 Å². The molecule has 5 heteroatoms. The zero-order valence-corrected chi connectivity index (χ0v) is 19.4. The molecule has 1 fully saturated rings. The largest absolute Gasteiger partial charge is 1.00 e. The molecule has 5 rings (SSSR count). The number of aromatic nitrogens is 2. The van der Waals surface area contributed by atoms with E-state index < -0.39 is 0 Å². The third-order valence-corrected chi connectivity index (χ3v) is 6.74. The second-order valence-corrected chi connectivity index (χ2v) is 8.63. The van der Waals surface area contributed by atoms with Gasteiger partial charge in [0.25, 0.3) is 5.82 Å². The van der Waals surface area contributed by atoms with Gasteiger partial charge in [-0.25, -0.2) is 9.13 Å². The molecule has 0 atom stereocenters. The fourth-order valence-corrected chi connectivity index (χ4v) is 5.13. The van der Waals surface area contributed by atoms with Crippen molar-refractivity contribution in [1.29, 1.82) is 0 Å². The monoisotopic (exact) mass is 478 g/mol. The van der Waals surface area contributed by atoms with Crippen molar-refractivity contribution in [2.24, 2.45) is 5.92 Å². The van der Waals surface area contributed by atoms with E-state index in [4.69, 9.17) is 0 Å². The Morgan fingerprint density at radius 1 is 0.871 bits per heavy atom. The zero-order chi connectivity index (χ0) is 20.7. The van der Waals surface area contributed by atoms with Gasteiger partial charge in [0, 0.05) is 18.1 Å². The SMILES string of the molecule is Cc1n(CC2CCCCC2)c2c([n+]1Cc1ccccc1)C(=O)c1ccccc1C2=O.[Br-]. The lowest BCUT2D eigenvalue weighted by Crippen LogP contribution is -3.00. The maximum atomic E-state index is 13.5. The molecule has 0 amide bonds. The van der Waals surface area contributed by atoms with Gasteiger partial charge in [-0.05, 0) is 24.3 Å². The molecule has 3 aromatic rings. The van der Waals surface area contributed by atoms with E-state index in [-0.39, 0.29) is 28.5 Å². The molecule has 0 radical (unpaired) electrons. The van der Waals surface area contributed by atoms with Gasteiger partial charge in [-0.1, -0.05) is 73.9 Å². The Kier molecular flexibility index (Phi) is 6.24. The van der Waals surface area contributed by atoms with Crippen LogP contribution in [0.1, 0.15) is 75.6 Å². The Morgan fingerprint density at radius 3 is 2.16 bits per heavy atom. The highest BCUT2D eigenvalue weighted by atomic mass is 79.9. The summed E-state index contributed by atoms with van der Waals surface area (Å²) in [5, 5.41) is 0. The van der Waals surface area contributed by atoms with E-state index in [1.165, 1.54) is 32.1 Å². The van der Waals surface area contributed by atoms with E-state index >= 15 is 0 Å². The molecule has 1 saturated carbocycles. The number of halogens is 1. The molecule has 0 spiro atoms. The summed E-state index contributed by atoms with van der Waals surface area (Å²) in [7, 11) is 0. The Labute approximate surface area is 193 Å². The van der Waals surface area contributed by atoms with Crippen LogP contribution < -0.4 is 21.5 Å². The first kappa shape index (κ1) is 21.7. The number of ketones is 2. The van der Waals surface area contributed by atoms with Crippen LogP contribution in [0, 0.1) is 12.8 Å². The summed E-state index contributed by atoms with van der Waals surface area (Å²) in [4.78, 5) is 27.1. The predicted molar refractivity (Wildman–Crippen MR) is 115 cm³/mol. The van der Waals surface area contributed by atoms with Crippen LogP contribution in [0.15, 0.2) is 54.6 Å². The van der Waals surface area contributed by atoms with Gasteiger partial charge in [0.05, 0.1) is 6.54 Å². The van der Waals surface area contributed by atoms with Gasteiger partial charge in [0.2, 0.25) is 23.0 Å². The van der Waals surface area contributed by atoms with Gasteiger partial charge in [0.1, 0.15) is 6.54 Å². The van der Waals surface area contributed by atoms with Crippen LogP contribution in [0.4, 0.5) is 0 Å². The molecule has 2 aromatic carbocycles. The molecule has 1 heterocycles. The zero-order valence-electron chi connectivity index (χ0n) is 17.8. The lowest BCUT2D eigenvalue weighted by molar-refractivity contribution is -0.695. The van der Waals surface area contributed by atoms with Gasteiger partial charge in [-0.2, -0.15) is 0 Å². The van der Waals surface area contributed by atoms with Crippen molar-refractivity contribution in [3.63, 3.8) is 0 Å².